The van der Waals surface area contributed by atoms with Crippen molar-refractivity contribution in [3.63, 3.8) is 0 Å². The molecule has 2 rings (SSSR count). The zero-order valence-electron chi connectivity index (χ0n) is 16.6. The van der Waals surface area contributed by atoms with Crippen molar-refractivity contribution >= 4 is 32.4 Å². The van der Waals surface area contributed by atoms with Gasteiger partial charge in [-0.1, -0.05) is 51.2 Å². The molecule has 0 aliphatic rings. The molecule has 0 saturated heterocycles. The van der Waals surface area contributed by atoms with E-state index < -0.39 is 16.1 Å². The molecule has 28 heavy (non-hydrogen) atoms. The Bertz CT molecular complexity index is 893. The number of carbonyl (C=O) groups is 1. The number of rotatable bonds is 9. The Morgan fingerprint density at radius 2 is 1.79 bits per heavy atom. The second kappa shape index (κ2) is 9.44. The van der Waals surface area contributed by atoms with Crippen LogP contribution in [-0.4, -0.2) is 31.6 Å². The second-order valence-electron chi connectivity index (χ2n) is 7.09. The summed E-state index contributed by atoms with van der Waals surface area (Å²) in [6.45, 7) is 7.52. The van der Waals surface area contributed by atoms with E-state index in [9.17, 15) is 13.2 Å². The Morgan fingerprint density at radius 1 is 1.14 bits per heavy atom. The van der Waals surface area contributed by atoms with Crippen LogP contribution < -0.4 is 14.8 Å². The molecule has 1 aromatic heterocycles. The quantitative estimate of drug-likeness (QED) is 0.596. The van der Waals surface area contributed by atoms with Crippen LogP contribution in [0.25, 0.3) is 0 Å². The largest absolute Gasteiger partial charge is 0.497 e. The maximum absolute atomic E-state index is 12.8. The van der Waals surface area contributed by atoms with E-state index in [0.29, 0.717) is 12.2 Å². The van der Waals surface area contributed by atoms with E-state index >= 15 is 0 Å². The van der Waals surface area contributed by atoms with Crippen molar-refractivity contribution in [3.05, 3.63) is 29.8 Å². The van der Waals surface area contributed by atoms with Crippen molar-refractivity contribution < 1.29 is 17.9 Å². The molecule has 8 nitrogen and oxygen atoms in total. The summed E-state index contributed by atoms with van der Waals surface area (Å²) in [6, 6.07) is 6.84. The highest BCUT2D eigenvalue weighted by Crippen LogP contribution is 2.27. The molecule has 0 radical (unpaired) electrons. The molecule has 0 saturated carbocycles. The molecule has 10 heteroatoms. The zero-order chi connectivity index (χ0) is 20.9. The SMILES string of the molecule is COc1ccc([C@@H](CC(C)C)NS(=O)(=O)c2nnc(NC(=O)C(C)C)s2)cc1. The summed E-state index contributed by atoms with van der Waals surface area (Å²) in [6.07, 6.45) is 0.612. The summed E-state index contributed by atoms with van der Waals surface area (Å²) in [5, 5.41) is 10.2. The molecule has 0 fully saturated rings. The van der Waals surface area contributed by atoms with Gasteiger partial charge in [-0.25, -0.2) is 13.1 Å². The van der Waals surface area contributed by atoms with Gasteiger partial charge in [-0.05, 0) is 30.0 Å². The van der Waals surface area contributed by atoms with E-state index in [-0.39, 0.29) is 27.2 Å². The number of anilines is 1. The van der Waals surface area contributed by atoms with Gasteiger partial charge in [0.1, 0.15) is 5.75 Å². The third-order valence-corrected chi connectivity index (χ3v) is 6.59. The Morgan fingerprint density at radius 3 is 2.32 bits per heavy atom. The molecule has 0 aliphatic heterocycles. The average molecular weight is 427 g/mol. The van der Waals surface area contributed by atoms with Gasteiger partial charge in [-0.15, -0.1) is 10.2 Å². The number of hydrogen-bond acceptors (Lipinski definition) is 7. The second-order valence-corrected chi connectivity index (χ2v) is 9.96. The first-order chi connectivity index (χ1) is 13.1. The van der Waals surface area contributed by atoms with Crippen LogP contribution in [0.5, 0.6) is 5.75 Å². The van der Waals surface area contributed by atoms with Crippen molar-refractivity contribution in [2.75, 3.05) is 12.4 Å². The van der Waals surface area contributed by atoms with Gasteiger partial charge in [0.25, 0.3) is 10.0 Å². The number of amides is 1. The highest BCUT2D eigenvalue weighted by molar-refractivity contribution is 7.91. The molecule has 0 bridgehead atoms. The molecule has 2 N–H and O–H groups in total. The first-order valence-corrected chi connectivity index (χ1v) is 11.2. The highest BCUT2D eigenvalue weighted by atomic mass is 32.2. The third kappa shape index (κ3) is 5.98. The highest BCUT2D eigenvalue weighted by Gasteiger charge is 2.26. The fourth-order valence-electron chi connectivity index (χ4n) is 2.42. The number of ether oxygens (including phenoxy) is 1. The van der Waals surface area contributed by atoms with Crippen molar-refractivity contribution in [2.24, 2.45) is 11.8 Å². The van der Waals surface area contributed by atoms with E-state index in [4.69, 9.17) is 4.74 Å². The Hall–Kier alpha value is -2.04. The lowest BCUT2D eigenvalue weighted by Crippen LogP contribution is -2.29. The molecule has 1 heterocycles. The van der Waals surface area contributed by atoms with E-state index in [0.717, 1.165) is 16.9 Å². The number of sulfonamides is 1. The van der Waals surface area contributed by atoms with Gasteiger partial charge in [0.2, 0.25) is 15.4 Å². The maximum Gasteiger partial charge on any atom is 0.270 e. The Labute approximate surface area is 169 Å². The summed E-state index contributed by atoms with van der Waals surface area (Å²) >= 11 is 0.823. The van der Waals surface area contributed by atoms with Crippen LogP contribution in [0, 0.1) is 11.8 Å². The van der Waals surface area contributed by atoms with Gasteiger partial charge < -0.3 is 10.1 Å². The molecule has 1 aromatic carbocycles. The maximum atomic E-state index is 12.8. The molecule has 1 atom stereocenters. The smallest absolute Gasteiger partial charge is 0.270 e. The monoisotopic (exact) mass is 426 g/mol. The zero-order valence-corrected chi connectivity index (χ0v) is 18.2. The molecule has 0 unspecified atom stereocenters. The first kappa shape index (κ1) is 22.3. The van der Waals surface area contributed by atoms with E-state index in [1.807, 2.05) is 26.0 Å². The number of benzene rings is 1. The van der Waals surface area contributed by atoms with E-state index in [2.05, 4.69) is 20.2 Å². The van der Waals surface area contributed by atoms with Crippen LogP contribution in [0.1, 0.15) is 45.7 Å². The number of methoxy groups -OCH3 is 1. The van der Waals surface area contributed by atoms with Gasteiger partial charge in [0.15, 0.2) is 0 Å². The molecule has 1 amide bonds. The van der Waals surface area contributed by atoms with Crippen LogP contribution in [0.4, 0.5) is 5.13 Å². The van der Waals surface area contributed by atoms with Crippen LogP contribution in [0.15, 0.2) is 28.6 Å². The average Bonchev–Trinajstić information content (AvgIpc) is 3.10. The predicted octanol–water partition coefficient (Wildman–Crippen LogP) is 3.21. The van der Waals surface area contributed by atoms with Crippen molar-refractivity contribution in [3.8, 4) is 5.75 Å². The summed E-state index contributed by atoms with van der Waals surface area (Å²) < 4.78 is 33.3. The summed E-state index contributed by atoms with van der Waals surface area (Å²) in [5.74, 6) is 0.478. The molecule has 0 spiro atoms. The molecule has 2 aromatic rings. The summed E-state index contributed by atoms with van der Waals surface area (Å²) in [5.41, 5.74) is 0.830. The van der Waals surface area contributed by atoms with Gasteiger partial charge in [0.05, 0.1) is 7.11 Å². The number of carbonyl (C=O) groups excluding carboxylic acids is 1. The Kier molecular flexibility index (Phi) is 7.50. The lowest BCUT2D eigenvalue weighted by Gasteiger charge is -2.20. The topological polar surface area (TPSA) is 110 Å². The van der Waals surface area contributed by atoms with Crippen molar-refractivity contribution in [1.82, 2.24) is 14.9 Å². The van der Waals surface area contributed by atoms with Gasteiger partial charge >= 0.3 is 0 Å². The number of aromatic nitrogens is 2. The lowest BCUT2D eigenvalue weighted by atomic mass is 9.98. The minimum absolute atomic E-state index is 0.156. The van der Waals surface area contributed by atoms with Gasteiger partial charge in [-0.3, -0.25) is 4.79 Å². The third-order valence-electron chi connectivity index (χ3n) is 3.91. The van der Waals surface area contributed by atoms with E-state index in [1.54, 1.807) is 33.1 Å². The number of nitrogens with one attached hydrogen (secondary N) is 2. The fourth-order valence-corrected chi connectivity index (χ4v) is 4.57. The van der Waals surface area contributed by atoms with Crippen LogP contribution >= 0.6 is 11.3 Å². The van der Waals surface area contributed by atoms with Crippen LogP contribution in [0.2, 0.25) is 0 Å². The van der Waals surface area contributed by atoms with Gasteiger partial charge in [-0.2, -0.15) is 0 Å². The Balaban J connectivity index is 2.22. The standard InChI is InChI=1S/C18H26N4O4S2/c1-11(2)10-15(13-6-8-14(26-5)9-7-13)22-28(24,25)18-21-20-17(27-18)19-16(23)12(3)4/h6-9,11-12,15,22H,10H2,1-5H3,(H,19,20,23)/t15-/m1/s1. The summed E-state index contributed by atoms with van der Waals surface area (Å²) in [4.78, 5) is 11.8. The predicted molar refractivity (Wildman–Crippen MR) is 109 cm³/mol. The van der Waals surface area contributed by atoms with Crippen LogP contribution in [0.3, 0.4) is 0 Å². The minimum Gasteiger partial charge on any atom is -0.497 e. The minimum atomic E-state index is -3.89. The van der Waals surface area contributed by atoms with Crippen molar-refractivity contribution in [1.29, 1.82) is 0 Å². The number of hydrogen-bond donors (Lipinski definition) is 2. The molecule has 154 valence electrons. The lowest BCUT2D eigenvalue weighted by molar-refractivity contribution is -0.118. The van der Waals surface area contributed by atoms with Gasteiger partial charge in [0, 0.05) is 12.0 Å². The number of nitrogens with zero attached hydrogens (tertiary/aromatic N) is 2. The first-order valence-electron chi connectivity index (χ1n) is 8.93. The molecular weight excluding hydrogens is 400 g/mol. The van der Waals surface area contributed by atoms with E-state index in [1.165, 1.54) is 0 Å². The summed E-state index contributed by atoms with van der Waals surface area (Å²) in [7, 11) is -2.31. The molecule has 0 aliphatic carbocycles. The van der Waals surface area contributed by atoms with Crippen LogP contribution in [-0.2, 0) is 14.8 Å². The molecular formula is C18H26N4O4S2. The van der Waals surface area contributed by atoms with Crippen molar-refractivity contribution in [2.45, 2.75) is 44.5 Å². The fraction of sp³-hybridized carbons (Fsp3) is 0.500. The normalized spacial score (nSPS) is 13.0.